The zero-order valence-electron chi connectivity index (χ0n) is 12.3. The van der Waals surface area contributed by atoms with Crippen LogP contribution in [-0.4, -0.2) is 40.1 Å². The molecule has 2 aliphatic rings. The number of hydrogen-bond donors (Lipinski definition) is 2. The van der Waals surface area contributed by atoms with Crippen molar-refractivity contribution in [3.05, 3.63) is 11.1 Å². The number of carboxylic acid groups (broad SMARTS) is 1. The smallest absolute Gasteiger partial charge is 0.315 e. The number of nitrogens with two attached hydrogens (primary N) is 1. The first-order chi connectivity index (χ1) is 10.1. The first kappa shape index (κ1) is 14.8. The molecule has 1 aromatic rings. The molecule has 0 amide bonds. The Labute approximate surface area is 129 Å². The number of anilines is 1. The van der Waals surface area contributed by atoms with E-state index in [9.17, 15) is 9.90 Å². The Morgan fingerprint density at radius 1 is 1.38 bits per heavy atom. The fourth-order valence-electron chi connectivity index (χ4n) is 3.84. The molecule has 6 heteroatoms. The van der Waals surface area contributed by atoms with Crippen LogP contribution in [0.25, 0.3) is 0 Å². The molecule has 21 heavy (non-hydrogen) atoms. The first-order valence-corrected chi connectivity index (χ1v) is 8.69. The van der Waals surface area contributed by atoms with E-state index in [0.29, 0.717) is 29.7 Å². The Hall–Kier alpha value is -1.14. The second-order valence-corrected chi connectivity index (χ2v) is 7.19. The topological polar surface area (TPSA) is 79.4 Å². The van der Waals surface area contributed by atoms with E-state index in [-0.39, 0.29) is 0 Å². The molecule has 1 saturated heterocycles. The third kappa shape index (κ3) is 2.79. The minimum atomic E-state index is -0.828. The van der Waals surface area contributed by atoms with E-state index >= 15 is 0 Å². The summed E-state index contributed by atoms with van der Waals surface area (Å²) in [5, 5.41) is 12.1. The summed E-state index contributed by atoms with van der Waals surface area (Å²) in [6, 6.07) is 0.377. The number of aliphatic carboxylic acids is 1. The zero-order valence-corrected chi connectivity index (χ0v) is 13.1. The molecule has 2 unspecified atom stereocenters. The molecule has 0 radical (unpaired) electrons. The van der Waals surface area contributed by atoms with Gasteiger partial charge in [0.05, 0.1) is 5.69 Å². The van der Waals surface area contributed by atoms with Gasteiger partial charge in [-0.2, -0.15) is 0 Å². The summed E-state index contributed by atoms with van der Waals surface area (Å²) in [7, 11) is 0. The van der Waals surface area contributed by atoms with Crippen LogP contribution in [0.3, 0.4) is 0 Å². The largest absolute Gasteiger partial charge is 0.481 e. The van der Waals surface area contributed by atoms with Gasteiger partial charge in [0, 0.05) is 11.4 Å². The predicted octanol–water partition coefficient (Wildman–Crippen LogP) is 2.48. The molecule has 5 nitrogen and oxygen atoms in total. The molecule has 0 bridgehead atoms. The van der Waals surface area contributed by atoms with Crippen molar-refractivity contribution < 1.29 is 9.90 Å². The molecule has 3 rings (SSSR count). The summed E-state index contributed by atoms with van der Waals surface area (Å²) in [5.41, 5.74) is 5.54. The van der Waals surface area contributed by atoms with E-state index in [1.165, 1.54) is 37.0 Å². The molecule has 2 heterocycles. The number of aromatic nitrogens is 1. The van der Waals surface area contributed by atoms with Gasteiger partial charge < -0.3 is 15.7 Å². The van der Waals surface area contributed by atoms with Crippen molar-refractivity contribution >= 4 is 22.4 Å². The summed E-state index contributed by atoms with van der Waals surface area (Å²) in [5.74, 6) is -0.745. The van der Waals surface area contributed by atoms with Crippen LogP contribution < -0.4 is 5.73 Å². The number of nitrogen functional groups attached to an aromatic ring is 1. The van der Waals surface area contributed by atoms with Gasteiger partial charge in [-0.1, -0.05) is 12.8 Å². The Morgan fingerprint density at radius 3 is 2.67 bits per heavy atom. The molecular weight excluding hydrogens is 286 g/mol. The molecule has 2 atom stereocenters. The van der Waals surface area contributed by atoms with Gasteiger partial charge in [-0.25, -0.2) is 4.98 Å². The number of nitrogens with zero attached hydrogens (tertiary/aromatic N) is 2. The summed E-state index contributed by atoms with van der Waals surface area (Å²) in [6.45, 7) is 2.22. The van der Waals surface area contributed by atoms with E-state index in [0.717, 1.165) is 19.5 Å². The van der Waals surface area contributed by atoms with Gasteiger partial charge in [-0.3, -0.25) is 4.79 Å². The number of hydrogen-bond acceptors (Lipinski definition) is 5. The van der Waals surface area contributed by atoms with Crippen molar-refractivity contribution in [2.24, 2.45) is 0 Å². The van der Waals surface area contributed by atoms with E-state index < -0.39 is 11.4 Å². The van der Waals surface area contributed by atoms with Crippen LogP contribution in [-0.2, 0) is 10.2 Å². The van der Waals surface area contributed by atoms with Crippen LogP contribution in [0.5, 0.6) is 0 Å². The van der Waals surface area contributed by atoms with E-state index in [1.54, 1.807) is 0 Å². The number of likely N-dealkylation sites (tertiary alicyclic amines) is 1. The van der Waals surface area contributed by atoms with Crippen molar-refractivity contribution in [1.82, 2.24) is 9.88 Å². The van der Waals surface area contributed by atoms with Crippen LogP contribution in [0.4, 0.5) is 5.13 Å². The zero-order chi connectivity index (χ0) is 14.9. The number of carbonyl (C=O) groups is 1. The molecule has 116 valence electrons. The average molecular weight is 309 g/mol. The third-order valence-electron chi connectivity index (χ3n) is 5.07. The second kappa shape index (κ2) is 5.93. The molecule has 1 saturated carbocycles. The van der Waals surface area contributed by atoms with Crippen molar-refractivity contribution in [2.75, 3.05) is 18.8 Å². The lowest BCUT2D eigenvalue weighted by Gasteiger charge is -2.29. The lowest BCUT2D eigenvalue weighted by molar-refractivity contribution is -0.144. The van der Waals surface area contributed by atoms with Crippen LogP contribution in [0.1, 0.15) is 50.6 Å². The Morgan fingerprint density at radius 2 is 2.10 bits per heavy atom. The Bertz CT molecular complexity index is 511. The minimum absolute atomic E-state index is 0.377. The van der Waals surface area contributed by atoms with Gasteiger partial charge in [0.15, 0.2) is 5.13 Å². The van der Waals surface area contributed by atoms with E-state index in [2.05, 4.69) is 9.88 Å². The Kier molecular flexibility index (Phi) is 4.17. The lowest BCUT2D eigenvalue weighted by atomic mass is 9.83. The number of thiazole rings is 1. The predicted molar refractivity (Wildman–Crippen MR) is 83.5 cm³/mol. The van der Waals surface area contributed by atoms with E-state index in [4.69, 9.17) is 5.73 Å². The molecule has 2 fully saturated rings. The highest BCUT2D eigenvalue weighted by atomic mass is 32.1. The maximum Gasteiger partial charge on any atom is 0.315 e. The van der Waals surface area contributed by atoms with E-state index in [1.807, 2.05) is 5.38 Å². The highest BCUT2D eigenvalue weighted by molar-refractivity contribution is 7.13. The SMILES string of the molecule is Nc1nc(C2(C(=O)O)CCC(N3CCCCCC3)C2)cs1. The van der Waals surface area contributed by atoms with Crippen LogP contribution in [0.2, 0.25) is 0 Å². The standard InChI is InChI=1S/C15H23N3O2S/c16-14-17-12(10-21-14)15(13(19)20)6-5-11(9-15)18-7-3-1-2-4-8-18/h10-11H,1-9H2,(H2,16,17)(H,19,20). The maximum atomic E-state index is 11.9. The molecule has 1 aliphatic heterocycles. The fourth-order valence-corrected chi connectivity index (χ4v) is 4.50. The van der Waals surface area contributed by atoms with Crippen LogP contribution in [0, 0.1) is 0 Å². The van der Waals surface area contributed by atoms with Gasteiger partial charge in [0.25, 0.3) is 0 Å². The van der Waals surface area contributed by atoms with Crippen molar-refractivity contribution in [3.63, 3.8) is 0 Å². The minimum Gasteiger partial charge on any atom is -0.481 e. The third-order valence-corrected chi connectivity index (χ3v) is 5.74. The summed E-state index contributed by atoms with van der Waals surface area (Å²) < 4.78 is 0. The molecule has 0 spiro atoms. The maximum absolute atomic E-state index is 11.9. The van der Waals surface area contributed by atoms with Crippen molar-refractivity contribution in [2.45, 2.75) is 56.4 Å². The van der Waals surface area contributed by atoms with Gasteiger partial charge in [0.1, 0.15) is 5.41 Å². The summed E-state index contributed by atoms with van der Waals surface area (Å²) in [6.07, 6.45) is 7.37. The van der Waals surface area contributed by atoms with Gasteiger partial charge in [-0.05, 0) is 45.2 Å². The van der Waals surface area contributed by atoms with Crippen LogP contribution in [0.15, 0.2) is 5.38 Å². The van der Waals surface area contributed by atoms with Crippen LogP contribution >= 0.6 is 11.3 Å². The van der Waals surface area contributed by atoms with Gasteiger partial charge >= 0.3 is 5.97 Å². The Balaban J connectivity index is 1.79. The number of carboxylic acids is 1. The molecule has 1 aliphatic carbocycles. The molecular formula is C15H23N3O2S. The molecule has 3 N–H and O–H groups in total. The molecule has 0 aromatic carbocycles. The normalized spacial score (nSPS) is 31.1. The molecule has 1 aromatic heterocycles. The second-order valence-electron chi connectivity index (χ2n) is 6.31. The van der Waals surface area contributed by atoms with Crippen molar-refractivity contribution in [3.8, 4) is 0 Å². The average Bonchev–Trinajstić information content (AvgIpc) is 2.99. The summed E-state index contributed by atoms with van der Waals surface area (Å²) in [4.78, 5) is 18.7. The number of rotatable bonds is 3. The van der Waals surface area contributed by atoms with Crippen molar-refractivity contribution in [1.29, 1.82) is 0 Å². The lowest BCUT2D eigenvalue weighted by Crippen LogP contribution is -2.39. The van der Waals surface area contributed by atoms with Gasteiger partial charge in [-0.15, -0.1) is 11.3 Å². The highest BCUT2D eigenvalue weighted by Crippen LogP contribution is 2.44. The fraction of sp³-hybridized carbons (Fsp3) is 0.733. The quantitative estimate of drug-likeness (QED) is 0.896. The summed E-state index contributed by atoms with van der Waals surface area (Å²) >= 11 is 1.34. The monoisotopic (exact) mass is 309 g/mol. The highest BCUT2D eigenvalue weighted by Gasteiger charge is 2.49. The first-order valence-electron chi connectivity index (χ1n) is 7.81. The van der Waals surface area contributed by atoms with Gasteiger partial charge in [0.2, 0.25) is 0 Å².